The Morgan fingerprint density at radius 2 is 2.29 bits per heavy atom. The van der Waals surface area contributed by atoms with Crippen LogP contribution in [0.5, 0.6) is 5.06 Å². The van der Waals surface area contributed by atoms with Crippen molar-refractivity contribution in [1.82, 2.24) is 0 Å². The third kappa shape index (κ3) is 3.21. The number of thiophene rings is 1. The fourth-order valence-electron chi connectivity index (χ4n) is 1.34. The molecule has 0 aliphatic heterocycles. The Hall–Kier alpha value is -0.150. The maximum Gasteiger partial charge on any atom is 0.177 e. The van der Waals surface area contributed by atoms with Crippen LogP contribution in [0.4, 0.5) is 0 Å². The topological polar surface area (TPSA) is 9.23 Å². The lowest BCUT2D eigenvalue weighted by Crippen LogP contribution is -1.98. The van der Waals surface area contributed by atoms with E-state index in [9.17, 15) is 0 Å². The molecule has 3 heteroatoms. The van der Waals surface area contributed by atoms with Gasteiger partial charge in [-0.1, -0.05) is 13.3 Å². The van der Waals surface area contributed by atoms with Crippen LogP contribution in [0.1, 0.15) is 30.9 Å². The predicted octanol–water partition coefficient (Wildman–Crippen LogP) is 3.71. The van der Waals surface area contributed by atoms with Crippen molar-refractivity contribution in [3.05, 3.63) is 16.5 Å². The zero-order valence-corrected chi connectivity index (χ0v) is 10.6. The largest absolute Gasteiger partial charge is 0.484 e. The molecule has 0 atom stereocenters. The fraction of sp³-hybridized carbons (Fsp3) is 0.636. The van der Waals surface area contributed by atoms with Crippen LogP contribution in [0.25, 0.3) is 0 Å². The van der Waals surface area contributed by atoms with E-state index < -0.39 is 0 Å². The summed E-state index contributed by atoms with van der Waals surface area (Å²) in [4.78, 5) is 0. The van der Waals surface area contributed by atoms with Gasteiger partial charge in [0, 0.05) is 5.56 Å². The summed E-state index contributed by atoms with van der Waals surface area (Å²) < 4.78 is 5.72. The van der Waals surface area contributed by atoms with Crippen molar-refractivity contribution in [3.8, 4) is 5.06 Å². The number of ether oxygens (including phenoxy) is 1. The maximum atomic E-state index is 5.72. The minimum atomic E-state index is 0.792. The zero-order valence-electron chi connectivity index (χ0n) is 8.88. The van der Waals surface area contributed by atoms with E-state index >= 15 is 0 Å². The standard InChI is InChI=1S/C11H18OS2/c1-3-5-10-9(2)8-14-11(10)12-6-4-7-13/h8,13H,3-7H2,1-2H3. The van der Waals surface area contributed by atoms with Crippen molar-refractivity contribution in [2.45, 2.75) is 33.1 Å². The molecule has 1 aromatic rings. The summed E-state index contributed by atoms with van der Waals surface area (Å²) in [5.41, 5.74) is 2.77. The van der Waals surface area contributed by atoms with Crippen molar-refractivity contribution in [3.63, 3.8) is 0 Å². The second-order valence-corrected chi connectivity index (χ2v) is 4.65. The first-order chi connectivity index (χ1) is 6.79. The number of hydrogen-bond donors (Lipinski definition) is 1. The smallest absolute Gasteiger partial charge is 0.177 e. The number of rotatable bonds is 6. The average molecular weight is 230 g/mol. The SMILES string of the molecule is CCCc1c(C)csc1OCCCS. The quantitative estimate of drug-likeness (QED) is 0.579. The Balaban J connectivity index is 2.56. The Kier molecular flexibility index (Phi) is 5.41. The minimum Gasteiger partial charge on any atom is -0.484 e. The lowest BCUT2D eigenvalue weighted by Gasteiger charge is -2.06. The lowest BCUT2D eigenvalue weighted by molar-refractivity contribution is 0.325. The second kappa shape index (κ2) is 6.36. The van der Waals surface area contributed by atoms with Crippen molar-refractivity contribution < 1.29 is 4.74 Å². The number of hydrogen-bond acceptors (Lipinski definition) is 3. The van der Waals surface area contributed by atoms with E-state index in [1.807, 2.05) is 0 Å². The summed E-state index contributed by atoms with van der Waals surface area (Å²) in [6.07, 6.45) is 3.33. The van der Waals surface area contributed by atoms with Gasteiger partial charge in [0.2, 0.25) is 0 Å². The predicted molar refractivity (Wildman–Crippen MR) is 67.0 cm³/mol. The highest BCUT2D eigenvalue weighted by molar-refractivity contribution is 7.80. The van der Waals surface area contributed by atoms with E-state index in [0.29, 0.717) is 0 Å². The molecule has 14 heavy (non-hydrogen) atoms. The van der Waals surface area contributed by atoms with Gasteiger partial charge in [-0.15, -0.1) is 11.3 Å². The minimum absolute atomic E-state index is 0.792. The monoisotopic (exact) mass is 230 g/mol. The van der Waals surface area contributed by atoms with Gasteiger partial charge in [-0.25, -0.2) is 0 Å². The van der Waals surface area contributed by atoms with Crippen molar-refractivity contribution >= 4 is 24.0 Å². The molecule has 80 valence electrons. The van der Waals surface area contributed by atoms with Crippen LogP contribution in [0.3, 0.4) is 0 Å². The second-order valence-electron chi connectivity index (χ2n) is 3.36. The van der Waals surface area contributed by atoms with Crippen molar-refractivity contribution in [2.24, 2.45) is 0 Å². The van der Waals surface area contributed by atoms with E-state index in [1.165, 1.54) is 17.5 Å². The molecule has 0 N–H and O–H groups in total. The normalized spacial score (nSPS) is 10.5. The van der Waals surface area contributed by atoms with Crippen molar-refractivity contribution in [1.29, 1.82) is 0 Å². The van der Waals surface area contributed by atoms with E-state index in [2.05, 4.69) is 31.9 Å². The summed E-state index contributed by atoms with van der Waals surface area (Å²) in [6.45, 7) is 5.15. The van der Waals surface area contributed by atoms with Gasteiger partial charge in [-0.3, -0.25) is 0 Å². The summed E-state index contributed by atoms with van der Waals surface area (Å²) >= 11 is 5.88. The van der Waals surface area contributed by atoms with E-state index in [4.69, 9.17) is 4.74 Å². The first-order valence-electron chi connectivity index (χ1n) is 5.10. The molecular weight excluding hydrogens is 212 g/mol. The number of thiol groups is 1. The highest BCUT2D eigenvalue weighted by Crippen LogP contribution is 2.31. The molecule has 0 spiro atoms. The van der Waals surface area contributed by atoms with Gasteiger partial charge in [-0.05, 0) is 36.5 Å². The molecule has 0 saturated heterocycles. The summed E-state index contributed by atoms with van der Waals surface area (Å²) in [5.74, 6) is 0.896. The Morgan fingerprint density at radius 1 is 1.50 bits per heavy atom. The Morgan fingerprint density at radius 3 is 2.93 bits per heavy atom. The summed E-state index contributed by atoms with van der Waals surface area (Å²) in [6, 6.07) is 0. The number of aryl methyl sites for hydroxylation is 1. The van der Waals surface area contributed by atoms with Crippen LogP contribution in [-0.2, 0) is 6.42 Å². The van der Waals surface area contributed by atoms with Crippen LogP contribution >= 0.6 is 24.0 Å². The third-order valence-electron chi connectivity index (χ3n) is 2.10. The molecule has 0 bridgehead atoms. The molecule has 1 rings (SSSR count). The molecule has 0 amide bonds. The van der Waals surface area contributed by atoms with Crippen LogP contribution < -0.4 is 4.74 Å². The molecule has 0 saturated carbocycles. The van der Waals surface area contributed by atoms with E-state index in [0.717, 1.165) is 30.3 Å². The Labute approximate surface area is 95.9 Å². The average Bonchev–Trinajstić information content (AvgIpc) is 2.51. The third-order valence-corrected chi connectivity index (χ3v) is 3.47. The first kappa shape index (κ1) is 11.9. The molecule has 0 aromatic carbocycles. The van der Waals surface area contributed by atoms with Crippen molar-refractivity contribution in [2.75, 3.05) is 12.4 Å². The summed E-state index contributed by atoms with van der Waals surface area (Å²) in [5, 5.41) is 3.30. The van der Waals surface area contributed by atoms with Crippen LogP contribution in [0.15, 0.2) is 5.38 Å². The molecular formula is C11H18OS2. The van der Waals surface area contributed by atoms with Crippen LogP contribution in [0.2, 0.25) is 0 Å². The molecule has 1 aromatic heterocycles. The van der Waals surface area contributed by atoms with Gasteiger partial charge in [0.25, 0.3) is 0 Å². The maximum absolute atomic E-state index is 5.72. The van der Waals surface area contributed by atoms with Gasteiger partial charge in [0.05, 0.1) is 6.61 Å². The van der Waals surface area contributed by atoms with Gasteiger partial charge < -0.3 is 4.74 Å². The molecule has 1 heterocycles. The molecule has 0 radical (unpaired) electrons. The van der Waals surface area contributed by atoms with Gasteiger partial charge in [0.1, 0.15) is 0 Å². The fourth-order valence-corrected chi connectivity index (χ4v) is 2.46. The molecule has 0 fully saturated rings. The Bertz CT molecular complexity index is 268. The van der Waals surface area contributed by atoms with E-state index in [-0.39, 0.29) is 0 Å². The molecule has 0 unspecified atom stereocenters. The first-order valence-corrected chi connectivity index (χ1v) is 6.61. The molecule has 1 nitrogen and oxygen atoms in total. The zero-order chi connectivity index (χ0) is 10.4. The highest BCUT2D eigenvalue weighted by atomic mass is 32.1. The molecule has 0 aliphatic carbocycles. The highest BCUT2D eigenvalue weighted by Gasteiger charge is 2.08. The van der Waals surface area contributed by atoms with Crippen LogP contribution in [-0.4, -0.2) is 12.4 Å². The van der Waals surface area contributed by atoms with Gasteiger partial charge in [-0.2, -0.15) is 12.6 Å². The lowest BCUT2D eigenvalue weighted by atomic mass is 10.1. The van der Waals surface area contributed by atoms with Gasteiger partial charge in [0.15, 0.2) is 5.06 Å². The van der Waals surface area contributed by atoms with Gasteiger partial charge >= 0.3 is 0 Å². The molecule has 0 aliphatic rings. The van der Waals surface area contributed by atoms with Crippen LogP contribution in [0, 0.1) is 6.92 Å². The summed E-state index contributed by atoms with van der Waals surface area (Å²) in [7, 11) is 0. The van der Waals surface area contributed by atoms with E-state index in [1.54, 1.807) is 11.3 Å².